The molecule has 0 radical (unpaired) electrons. The number of para-hydroxylation sites is 2. The van der Waals surface area contributed by atoms with Gasteiger partial charge in [-0.25, -0.2) is 15.2 Å². The number of ether oxygens (including phenoxy) is 1. The Morgan fingerprint density at radius 3 is 2.87 bits per heavy atom. The Morgan fingerprint density at radius 1 is 1.23 bits per heavy atom. The van der Waals surface area contributed by atoms with Crippen LogP contribution in [0.2, 0.25) is 5.02 Å². The maximum Gasteiger partial charge on any atom is 0.339 e. The summed E-state index contributed by atoms with van der Waals surface area (Å²) in [6, 6.07) is 16.6. The van der Waals surface area contributed by atoms with Crippen molar-refractivity contribution in [3.05, 3.63) is 70.9 Å². The molecule has 0 unspecified atom stereocenters. The fourth-order valence-corrected chi connectivity index (χ4v) is 3.45. The van der Waals surface area contributed by atoms with Crippen molar-refractivity contribution in [1.29, 1.82) is 0 Å². The molecule has 0 aliphatic rings. The van der Waals surface area contributed by atoms with Crippen molar-refractivity contribution in [2.24, 2.45) is 5.10 Å². The number of furan rings is 1. The molecule has 2 heterocycles. The van der Waals surface area contributed by atoms with Crippen LogP contribution in [0.5, 0.6) is 0 Å². The molecule has 7 nitrogen and oxygen atoms in total. The number of benzene rings is 2. The third-order valence-electron chi connectivity index (χ3n) is 4.70. The summed E-state index contributed by atoms with van der Waals surface area (Å²) in [5.41, 5.74) is 5.94. The number of hydrogen-bond donors (Lipinski definition) is 1. The van der Waals surface area contributed by atoms with Crippen molar-refractivity contribution in [2.45, 2.75) is 20.4 Å². The van der Waals surface area contributed by atoms with Crippen LogP contribution in [0.1, 0.15) is 30.0 Å². The van der Waals surface area contributed by atoms with Crippen molar-refractivity contribution in [3.63, 3.8) is 0 Å². The Kier molecular flexibility index (Phi) is 6.04. The lowest BCUT2D eigenvalue weighted by Gasteiger charge is -2.06. The Bertz CT molecular complexity index is 1260. The number of aryl methyl sites for hydroxylation is 1. The van der Waals surface area contributed by atoms with Crippen molar-refractivity contribution in [3.8, 4) is 11.3 Å². The summed E-state index contributed by atoms with van der Waals surface area (Å²) in [4.78, 5) is 16.6. The zero-order valence-corrected chi connectivity index (χ0v) is 17.9. The number of anilines is 1. The second-order valence-corrected chi connectivity index (χ2v) is 7.06. The minimum atomic E-state index is -0.467. The van der Waals surface area contributed by atoms with Gasteiger partial charge in [0.1, 0.15) is 11.5 Å². The fraction of sp³-hybridized carbons (Fsp3) is 0.174. The number of halogens is 1. The highest BCUT2D eigenvalue weighted by Gasteiger charge is 2.14. The van der Waals surface area contributed by atoms with Crippen LogP contribution in [0.4, 0.5) is 5.95 Å². The minimum absolute atomic E-state index is 0.277. The topological polar surface area (TPSA) is 81.6 Å². The van der Waals surface area contributed by atoms with Crippen LogP contribution in [0.3, 0.4) is 0 Å². The molecule has 0 bridgehead atoms. The molecular weight excluding hydrogens is 416 g/mol. The number of esters is 1. The quantitative estimate of drug-likeness (QED) is 0.232. The molecule has 2 aromatic heterocycles. The molecule has 4 rings (SSSR count). The van der Waals surface area contributed by atoms with E-state index in [4.69, 9.17) is 20.8 Å². The van der Waals surface area contributed by atoms with Crippen LogP contribution in [-0.2, 0) is 11.3 Å². The molecule has 8 heteroatoms. The first-order chi connectivity index (χ1) is 15.1. The van der Waals surface area contributed by atoms with Crippen LogP contribution in [0, 0.1) is 0 Å². The SMILES string of the molecule is CCOC(=O)c1cc(-c2ccc(/C=N\Nc3nc4ccccc4n3CC)o2)ccc1Cl. The van der Waals surface area contributed by atoms with E-state index >= 15 is 0 Å². The van der Waals surface area contributed by atoms with Gasteiger partial charge >= 0.3 is 5.97 Å². The number of imidazole rings is 1. The molecule has 0 atom stereocenters. The van der Waals surface area contributed by atoms with Crippen LogP contribution >= 0.6 is 11.6 Å². The number of nitrogens with one attached hydrogen (secondary N) is 1. The van der Waals surface area contributed by atoms with Crippen LogP contribution in [-0.4, -0.2) is 28.3 Å². The standard InChI is InChI=1S/C23H21ClN4O3/c1-3-28-20-8-6-5-7-19(20)26-23(28)27-25-14-16-10-12-21(31-16)15-9-11-18(24)17(13-15)22(29)30-4-2/h5-14H,3-4H2,1-2H3,(H,26,27)/b25-14-. The van der Waals surface area contributed by atoms with Gasteiger partial charge in [0.05, 0.1) is 34.4 Å². The normalized spacial score (nSPS) is 11.3. The van der Waals surface area contributed by atoms with E-state index in [1.165, 1.54) is 0 Å². The summed E-state index contributed by atoms with van der Waals surface area (Å²) in [7, 11) is 0. The predicted molar refractivity (Wildman–Crippen MR) is 122 cm³/mol. The number of hydrazone groups is 1. The van der Waals surface area contributed by atoms with E-state index in [9.17, 15) is 4.79 Å². The molecule has 2 aromatic carbocycles. The molecule has 31 heavy (non-hydrogen) atoms. The lowest BCUT2D eigenvalue weighted by Crippen LogP contribution is -2.05. The Hall–Kier alpha value is -3.58. The summed E-state index contributed by atoms with van der Waals surface area (Å²) in [6.45, 7) is 4.85. The Labute approximate surface area is 184 Å². The summed E-state index contributed by atoms with van der Waals surface area (Å²) < 4.78 is 12.9. The average molecular weight is 437 g/mol. The van der Waals surface area contributed by atoms with E-state index in [-0.39, 0.29) is 6.61 Å². The molecule has 0 spiro atoms. The summed E-state index contributed by atoms with van der Waals surface area (Å²) in [5, 5.41) is 4.59. The number of carbonyl (C=O) groups excluding carboxylic acids is 1. The number of nitrogens with zero attached hydrogens (tertiary/aromatic N) is 3. The molecule has 158 valence electrons. The largest absolute Gasteiger partial charge is 0.462 e. The van der Waals surface area contributed by atoms with E-state index in [0.29, 0.717) is 33.6 Å². The van der Waals surface area contributed by atoms with Crippen molar-refractivity contribution >= 4 is 40.8 Å². The zero-order chi connectivity index (χ0) is 21.8. The van der Waals surface area contributed by atoms with Crippen molar-refractivity contribution in [2.75, 3.05) is 12.0 Å². The Morgan fingerprint density at radius 2 is 2.06 bits per heavy atom. The molecule has 0 aliphatic heterocycles. The van der Waals surface area contributed by atoms with E-state index in [2.05, 4.69) is 22.4 Å². The van der Waals surface area contributed by atoms with Gasteiger partial charge in [-0.15, -0.1) is 0 Å². The molecular formula is C23H21ClN4O3. The van der Waals surface area contributed by atoms with E-state index < -0.39 is 5.97 Å². The second-order valence-electron chi connectivity index (χ2n) is 6.66. The van der Waals surface area contributed by atoms with Crippen molar-refractivity contribution < 1.29 is 13.9 Å². The van der Waals surface area contributed by atoms with Crippen LogP contribution < -0.4 is 5.43 Å². The third kappa shape index (κ3) is 4.32. The monoisotopic (exact) mass is 436 g/mol. The first-order valence-corrected chi connectivity index (χ1v) is 10.3. The van der Waals surface area contributed by atoms with Gasteiger partial charge in [-0.3, -0.25) is 0 Å². The number of rotatable bonds is 7. The van der Waals surface area contributed by atoms with Crippen molar-refractivity contribution in [1.82, 2.24) is 9.55 Å². The lowest BCUT2D eigenvalue weighted by atomic mass is 10.1. The maximum atomic E-state index is 12.1. The van der Waals surface area contributed by atoms with Gasteiger partial charge in [-0.2, -0.15) is 5.10 Å². The average Bonchev–Trinajstić information content (AvgIpc) is 3.38. The molecule has 0 fully saturated rings. The second kappa shape index (κ2) is 9.06. The minimum Gasteiger partial charge on any atom is -0.462 e. The van der Waals surface area contributed by atoms with Crippen LogP contribution in [0.25, 0.3) is 22.4 Å². The van der Waals surface area contributed by atoms with Gasteiger partial charge in [0.25, 0.3) is 0 Å². The molecule has 0 saturated heterocycles. The first kappa shape index (κ1) is 20.7. The molecule has 0 saturated carbocycles. The molecule has 0 aliphatic carbocycles. The number of fused-ring (bicyclic) bond motifs is 1. The smallest absolute Gasteiger partial charge is 0.339 e. The first-order valence-electron chi connectivity index (χ1n) is 9.92. The number of carbonyl (C=O) groups is 1. The molecule has 1 N–H and O–H groups in total. The fourth-order valence-electron chi connectivity index (χ4n) is 3.26. The third-order valence-corrected chi connectivity index (χ3v) is 5.03. The highest BCUT2D eigenvalue weighted by Crippen LogP contribution is 2.27. The van der Waals surface area contributed by atoms with Gasteiger partial charge in [0.15, 0.2) is 0 Å². The highest BCUT2D eigenvalue weighted by atomic mass is 35.5. The lowest BCUT2D eigenvalue weighted by molar-refractivity contribution is 0.0526. The zero-order valence-electron chi connectivity index (χ0n) is 17.1. The van der Waals surface area contributed by atoms with Gasteiger partial charge < -0.3 is 13.7 Å². The van der Waals surface area contributed by atoms with Gasteiger partial charge in [-0.05, 0) is 56.3 Å². The van der Waals surface area contributed by atoms with Gasteiger partial charge in [0.2, 0.25) is 5.95 Å². The van der Waals surface area contributed by atoms with Gasteiger partial charge in [-0.1, -0.05) is 23.7 Å². The predicted octanol–water partition coefficient (Wildman–Crippen LogP) is 5.59. The maximum absolute atomic E-state index is 12.1. The highest BCUT2D eigenvalue weighted by molar-refractivity contribution is 6.33. The number of hydrogen-bond acceptors (Lipinski definition) is 6. The van der Waals surface area contributed by atoms with Gasteiger partial charge in [0, 0.05) is 12.1 Å². The van der Waals surface area contributed by atoms with Crippen LogP contribution in [0.15, 0.2) is 64.1 Å². The van der Waals surface area contributed by atoms with E-state index in [1.807, 2.05) is 28.8 Å². The molecule has 4 aromatic rings. The summed E-state index contributed by atoms with van der Waals surface area (Å²) >= 11 is 6.13. The summed E-state index contributed by atoms with van der Waals surface area (Å²) in [6.07, 6.45) is 1.57. The summed E-state index contributed by atoms with van der Waals surface area (Å²) in [5.74, 6) is 1.33. The molecule has 0 amide bonds. The van der Waals surface area contributed by atoms with E-state index in [1.54, 1.807) is 43.5 Å². The van der Waals surface area contributed by atoms with E-state index in [0.717, 1.165) is 17.6 Å². The number of aromatic nitrogens is 2. The Balaban J connectivity index is 1.52.